The quantitative estimate of drug-likeness (QED) is 0.404. The van der Waals surface area contributed by atoms with Gasteiger partial charge in [0, 0.05) is 17.8 Å². The molecule has 0 aliphatic carbocycles. The summed E-state index contributed by atoms with van der Waals surface area (Å²) in [7, 11) is 0. The first-order valence-corrected chi connectivity index (χ1v) is 9.50. The van der Waals surface area contributed by atoms with Crippen LogP contribution in [0.3, 0.4) is 0 Å². The number of aromatic nitrogens is 3. The summed E-state index contributed by atoms with van der Waals surface area (Å²) in [4.78, 5) is 12.5. The second-order valence-corrected chi connectivity index (χ2v) is 6.69. The summed E-state index contributed by atoms with van der Waals surface area (Å²) in [6.07, 6.45) is 6.65. The van der Waals surface area contributed by atoms with Gasteiger partial charge in [-0.2, -0.15) is 0 Å². The number of nitrogens with zero attached hydrogens (tertiary/aromatic N) is 2. The Morgan fingerprint density at radius 3 is 2.63 bits per heavy atom. The molecule has 2 aromatic carbocycles. The summed E-state index contributed by atoms with van der Waals surface area (Å²) >= 11 is 0. The van der Waals surface area contributed by atoms with Crippen molar-refractivity contribution in [2.75, 3.05) is 0 Å². The van der Waals surface area contributed by atoms with E-state index in [2.05, 4.69) is 35.1 Å². The van der Waals surface area contributed by atoms with Gasteiger partial charge in [0.1, 0.15) is 11.6 Å². The number of benzene rings is 2. The van der Waals surface area contributed by atoms with Crippen LogP contribution in [-0.4, -0.2) is 15.0 Å². The molecule has 136 valence electrons. The summed E-state index contributed by atoms with van der Waals surface area (Å²) in [5, 5.41) is 0. The summed E-state index contributed by atoms with van der Waals surface area (Å²) < 4.78 is 5.75. The molecule has 4 nitrogen and oxygen atoms in total. The Hall–Kier alpha value is -3.14. The zero-order chi connectivity index (χ0) is 18.5. The molecule has 0 bridgehead atoms. The number of aromatic amines is 1. The fourth-order valence-corrected chi connectivity index (χ4v) is 3.12. The molecule has 0 radical (unpaired) electrons. The van der Waals surface area contributed by atoms with Gasteiger partial charge in [0.15, 0.2) is 0 Å². The van der Waals surface area contributed by atoms with Crippen molar-refractivity contribution < 1.29 is 4.74 Å². The van der Waals surface area contributed by atoms with Crippen LogP contribution in [0, 0.1) is 0 Å². The van der Waals surface area contributed by atoms with Gasteiger partial charge in [0.05, 0.1) is 11.0 Å². The fourth-order valence-electron chi connectivity index (χ4n) is 3.12. The number of H-pyrrole nitrogens is 1. The van der Waals surface area contributed by atoms with Gasteiger partial charge in [0.25, 0.3) is 0 Å². The lowest BCUT2D eigenvalue weighted by molar-refractivity contribution is 0.463. The van der Waals surface area contributed by atoms with Crippen molar-refractivity contribution in [3.63, 3.8) is 0 Å². The lowest BCUT2D eigenvalue weighted by Gasteiger charge is -2.04. The summed E-state index contributed by atoms with van der Waals surface area (Å²) in [6, 6.07) is 20.0. The molecule has 4 rings (SSSR count). The van der Waals surface area contributed by atoms with Crippen LogP contribution < -0.4 is 4.74 Å². The maximum atomic E-state index is 5.75. The zero-order valence-electron chi connectivity index (χ0n) is 15.5. The van der Waals surface area contributed by atoms with Gasteiger partial charge in [-0.15, -0.1) is 0 Å². The molecule has 2 aromatic heterocycles. The summed E-state index contributed by atoms with van der Waals surface area (Å²) in [6.45, 7) is 2.23. The van der Waals surface area contributed by atoms with E-state index in [1.807, 2.05) is 42.5 Å². The molecule has 1 N–H and O–H groups in total. The third-order valence-corrected chi connectivity index (χ3v) is 4.59. The third kappa shape index (κ3) is 4.17. The monoisotopic (exact) mass is 357 g/mol. The van der Waals surface area contributed by atoms with E-state index < -0.39 is 0 Å². The van der Waals surface area contributed by atoms with E-state index in [0.29, 0.717) is 5.88 Å². The first-order chi connectivity index (χ1) is 13.3. The van der Waals surface area contributed by atoms with Crippen molar-refractivity contribution in [2.45, 2.75) is 32.6 Å². The van der Waals surface area contributed by atoms with E-state index in [1.165, 1.54) is 24.8 Å². The average Bonchev–Trinajstić information content (AvgIpc) is 3.13. The minimum atomic E-state index is 0.569. The van der Waals surface area contributed by atoms with Crippen LogP contribution in [0.1, 0.15) is 31.7 Å². The van der Waals surface area contributed by atoms with Gasteiger partial charge in [-0.25, -0.2) is 9.97 Å². The molecule has 4 aromatic rings. The second kappa shape index (κ2) is 8.04. The number of nitrogens with one attached hydrogen (secondary N) is 1. The van der Waals surface area contributed by atoms with Gasteiger partial charge >= 0.3 is 0 Å². The molecular formula is C23H23N3O. The molecule has 0 fully saturated rings. The molecule has 0 saturated heterocycles. The number of fused-ring (bicyclic) bond motifs is 1. The highest BCUT2D eigenvalue weighted by atomic mass is 16.5. The molecule has 27 heavy (non-hydrogen) atoms. The number of para-hydroxylation sites is 1. The number of rotatable bonds is 7. The zero-order valence-corrected chi connectivity index (χ0v) is 15.5. The Morgan fingerprint density at radius 1 is 0.963 bits per heavy atom. The lowest BCUT2D eigenvalue weighted by Crippen LogP contribution is -1.88. The maximum Gasteiger partial charge on any atom is 0.219 e. The topological polar surface area (TPSA) is 50.8 Å². The van der Waals surface area contributed by atoms with Crippen LogP contribution in [0.25, 0.3) is 22.4 Å². The van der Waals surface area contributed by atoms with E-state index in [-0.39, 0.29) is 0 Å². The van der Waals surface area contributed by atoms with Gasteiger partial charge in [-0.05, 0) is 48.7 Å². The van der Waals surface area contributed by atoms with Crippen molar-refractivity contribution in [1.29, 1.82) is 0 Å². The fraction of sp³-hybridized carbons (Fsp3) is 0.217. The van der Waals surface area contributed by atoms with E-state index in [1.54, 1.807) is 6.20 Å². The Morgan fingerprint density at radius 2 is 1.85 bits per heavy atom. The highest BCUT2D eigenvalue weighted by molar-refractivity contribution is 5.79. The molecule has 0 unspecified atom stereocenters. The number of hydrogen-bond acceptors (Lipinski definition) is 3. The number of unbranched alkanes of at least 4 members (excludes halogenated alkanes) is 2. The van der Waals surface area contributed by atoms with Crippen molar-refractivity contribution >= 4 is 11.0 Å². The molecule has 0 aliphatic heterocycles. The van der Waals surface area contributed by atoms with Gasteiger partial charge < -0.3 is 9.72 Å². The Balaban J connectivity index is 1.51. The van der Waals surface area contributed by atoms with E-state index >= 15 is 0 Å². The molecule has 0 aliphatic rings. The normalized spacial score (nSPS) is 11.0. The van der Waals surface area contributed by atoms with Crippen molar-refractivity contribution in [3.05, 3.63) is 72.4 Å². The number of hydrogen-bond donors (Lipinski definition) is 1. The highest BCUT2D eigenvalue weighted by Crippen LogP contribution is 2.24. The maximum absolute atomic E-state index is 5.75. The standard InChI is InChI=1S/C23H23N3O/c1-2-3-5-8-17-11-13-20-21(15-17)26-23(25-20)18-12-14-22(24-16-18)27-19-9-6-4-7-10-19/h4,6-7,9-16H,2-3,5,8H2,1H3,(H,25,26). The van der Waals surface area contributed by atoms with E-state index in [0.717, 1.165) is 34.6 Å². The van der Waals surface area contributed by atoms with Crippen LogP contribution in [0.5, 0.6) is 11.6 Å². The smallest absolute Gasteiger partial charge is 0.219 e. The first kappa shape index (κ1) is 17.3. The largest absolute Gasteiger partial charge is 0.439 e. The molecule has 0 saturated carbocycles. The Labute approximate surface area is 159 Å². The summed E-state index contributed by atoms with van der Waals surface area (Å²) in [5.41, 5.74) is 4.35. The van der Waals surface area contributed by atoms with Gasteiger partial charge in [-0.3, -0.25) is 0 Å². The van der Waals surface area contributed by atoms with Gasteiger partial charge in [-0.1, -0.05) is 44.0 Å². The van der Waals surface area contributed by atoms with Crippen LogP contribution in [0.2, 0.25) is 0 Å². The number of imidazole rings is 1. The van der Waals surface area contributed by atoms with Crippen molar-refractivity contribution in [2.24, 2.45) is 0 Å². The molecule has 4 heteroatoms. The lowest BCUT2D eigenvalue weighted by atomic mass is 10.1. The van der Waals surface area contributed by atoms with Gasteiger partial charge in [0.2, 0.25) is 5.88 Å². The van der Waals surface area contributed by atoms with Crippen LogP contribution in [-0.2, 0) is 6.42 Å². The van der Waals surface area contributed by atoms with Crippen LogP contribution in [0.15, 0.2) is 66.9 Å². The average molecular weight is 357 g/mol. The third-order valence-electron chi connectivity index (χ3n) is 4.59. The van der Waals surface area contributed by atoms with Crippen LogP contribution >= 0.6 is 0 Å². The number of aryl methyl sites for hydroxylation is 1. The minimum absolute atomic E-state index is 0.569. The predicted octanol–water partition coefficient (Wildman–Crippen LogP) is 6.15. The number of pyridine rings is 1. The Bertz CT molecular complexity index is 1010. The molecular weight excluding hydrogens is 334 g/mol. The second-order valence-electron chi connectivity index (χ2n) is 6.69. The van der Waals surface area contributed by atoms with E-state index in [9.17, 15) is 0 Å². The number of ether oxygens (including phenoxy) is 1. The van der Waals surface area contributed by atoms with Crippen LogP contribution in [0.4, 0.5) is 0 Å². The molecule has 0 atom stereocenters. The molecule has 0 spiro atoms. The SMILES string of the molecule is CCCCCc1ccc2nc(-c3ccc(Oc4ccccc4)nc3)[nH]c2c1. The summed E-state index contributed by atoms with van der Waals surface area (Å²) in [5.74, 6) is 2.17. The molecule has 0 amide bonds. The Kier molecular flexibility index (Phi) is 5.15. The van der Waals surface area contributed by atoms with Crippen molar-refractivity contribution in [1.82, 2.24) is 15.0 Å². The first-order valence-electron chi connectivity index (χ1n) is 9.50. The minimum Gasteiger partial charge on any atom is -0.439 e. The van der Waals surface area contributed by atoms with Crippen molar-refractivity contribution in [3.8, 4) is 23.0 Å². The predicted molar refractivity (Wildman–Crippen MR) is 109 cm³/mol. The van der Waals surface area contributed by atoms with E-state index in [4.69, 9.17) is 9.72 Å². The molecule has 2 heterocycles. The highest BCUT2D eigenvalue weighted by Gasteiger charge is 2.07.